The van der Waals surface area contributed by atoms with E-state index in [0.29, 0.717) is 17.4 Å². The Hall–Kier alpha value is -0.910. The average molecular weight is 268 g/mol. The van der Waals surface area contributed by atoms with E-state index >= 15 is 0 Å². The Morgan fingerprint density at radius 1 is 1.22 bits per heavy atom. The van der Waals surface area contributed by atoms with Crippen LogP contribution >= 0.6 is 0 Å². The maximum atomic E-state index is 12.2. The average Bonchev–Trinajstić information content (AvgIpc) is 2.91. The predicted molar refractivity (Wildman–Crippen MR) is 71.6 cm³/mol. The highest BCUT2D eigenvalue weighted by molar-refractivity contribution is 7.89. The van der Waals surface area contributed by atoms with Crippen molar-refractivity contribution in [3.8, 4) is 0 Å². The lowest BCUT2D eigenvalue weighted by atomic mass is 9.99. The van der Waals surface area contributed by atoms with E-state index in [2.05, 4.69) is 4.72 Å². The first-order chi connectivity index (χ1) is 8.63. The van der Waals surface area contributed by atoms with Crippen molar-refractivity contribution in [1.82, 2.24) is 4.72 Å². The van der Waals surface area contributed by atoms with Crippen LogP contribution in [0.15, 0.2) is 35.2 Å². The quantitative estimate of drug-likeness (QED) is 0.849. The maximum absolute atomic E-state index is 12.2. The predicted octanol–water partition coefficient (Wildman–Crippen LogP) is 1.48. The van der Waals surface area contributed by atoms with Crippen molar-refractivity contribution in [1.29, 1.82) is 0 Å². The van der Waals surface area contributed by atoms with Gasteiger partial charge in [-0.15, -0.1) is 0 Å². The van der Waals surface area contributed by atoms with Crippen molar-refractivity contribution in [2.24, 2.45) is 11.7 Å². The second kappa shape index (κ2) is 5.82. The minimum Gasteiger partial charge on any atom is -0.329 e. The summed E-state index contributed by atoms with van der Waals surface area (Å²) in [7, 11) is -3.44. The molecule has 3 N–H and O–H groups in total. The normalized spacial score (nSPS) is 18.9. The third-order valence-corrected chi connectivity index (χ3v) is 5.09. The smallest absolute Gasteiger partial charge is 0.240 e. The third-order valence-electron chi connectivity index (χ3n) is 3.58. The van der Waals surface area contributed by atoms with Crippen LogP contribution < -0.4 is 10.5 Å². The molecule has 1 aromatic carbocycles. The summed E-state index contributed by atoms with van der Waals surface area (Å²) in [5.74, 6) is 0.383. The molecular weight excluding hydrogens is 248 g/mol. The van der Waals surface area contributed by atoms with Gasteiger partial charge in [0.2, 0.25) is 10.0 Å². The second-order valence-corrected chi connectivity index (χ2v) is 6.54. The topological polar surface area (TPSA) is 72.2 Å². The van der Waals surface area contributed by atoms with Crippen LogP contribution in [-0.4, -0.2) is 21.0 Å². The van der Waals surface area contributed by atoms with Gasteiger partial charge < -0.3 is 5.73 Å². The monoisotopic (exact) mass is 268 g/mol. The van der Waals surface area contributed by atoms with Crippen LogP contribution in [-0.2, 0) is 10.0 Å². The van der Waals surface area contributed by atoms with Crippen molar-refractivity contribution >= 4 is 10.0 Å². The van der Waals surface area contributed by atoms with Crippen LogP contribution in [0.3, 0.4) is 0 Å². The molecule has 5 heteroatoms. The molecule has 0 spiro atoms. The first kappa shape index (κ1) is 13.5. The first-order valence-corrected chi connectivity index (χ1v) is 7.89. The van der Waals surface area contributed by atoms with E-state index in [-0.39, 0.29) is 6.04 Å². The SMILES string of the molecule is NCC(NS(=O)(=O)c1ccccc1)C1CCCC1. The summed E-state index contributed by atoms with van der Waals surface area (Å²) in [4.78, 5) is 0.307. The van der Waals surface area contributed by atoms with E-state index in [1.165, 1.54) is 12.8 Å². The Labute approximate surface area is 109 Å². The molecule has 1 atom stereocenters. The molecule has 0 aliphatic heterocycles. The molecule has 4 nitrogen and oxygen atoms in total. The van der Waals surface area contributed by atoms with Crippen molar-refractivity contribution in [3.63, 3.8) is 0 Å². The van der Waals surface area contributed by atoms with Gasteiger partial charge in [0, 0.05) is 12.6 Å². The first-order valence-electron chi connectivity index (χ1n) is 6.41. The zero-order valence-electron chi connectivity index (χ0n) is 10.4. The molecule has 1 fully saturated rings. The zero-order valence-corrected chi connectivity index (χ0v) is 11.2. The van der Waals surface area contributed by atoms with Gasteiger partial charge in [-0.25, -0.2) is 13.1 Å². The number of rotatable bonds is 5. The number of hydrogen-bond donors (Lipinski definition) is 2. The fourth-order valence-electron chi connectivity index (χ4n) is 2.56. The van der Waals surface area contributed by atoms with Crippen LogP contribution in [0.5, 0.6) is 0 Å². The Morgan fingerprint density at radius 3 is 2.39 bits per heavy atom. The third kappa shape index (κ3) is 3.10. The van der Waals surface area contributed by atoms with Crippen LogP contribution in [0.4, 0.5) is 0 Å². The van der Waals surface area contributed by atoms with Crippen molar-refractivity contribution in [2.45, 2.75) is 36.6 Å². The van der Waals surface area contributed by atoms with Crippen molar-refractivity contribution in [3.05, 3.63) is 30.3 Å². The number of sulfonamides is 1. The highest BCUT2D eigenvalue weighted by Crippen LogP contribution is 2.28. The van der Waals surface area contributed by atoms with Gasteiger partial charge in [-0.1, -0.05) is 31.0 Å². The lowest BCUT2D eigenvalue weighted by Gasteiger charge is -2.22. The number of hydrogen-bond acceptors (Lipinski definition) is 3. The van der Waals surface area contributed by atoms with E-state index in [9.17, 15) is 8.42 Å². The Morgan fingerprint density at radius 2 is 1.83 bits per heavy atom. The van der Waals surface area contributed by atoms with E-state index in [1.807, 2.05) is 0 Å². The van der Waals surface area contributed by atoms with Crippen molar-refractivity contribution in [2.75, 3.05) is 6.54 Å². The number of nitrogens with one attached hydrogen (secondary N) is 1. The Balaban J connectivity index is 2.11. The molecule has 1 aromatic rings. The molecule has 1 aliphatic carbocycles. The molecule has 1 unspecified atom stereocenters. The maximum Gasteiger partial charge on any atom is 0.240 e. The van der Waals surface area contributed by atoms with E-state index < -0.39 is 10.0 Å². The Bertz CT molecular complexity index is 467. The van der Waals surface area contributed by atoms with Gasteiger partial charge in [0.1, 0.15) is 0 Å². The summed E-state index contributed by atoms with van der Waals surface area (Å²) in [6.07, 6.45) is 4.49. The highest BCUT2D eigenvalue weighted by atomic mass is 32.2. The van der Waals surface area contributed by atoms with Crippen LogP contribution in [0, 0.1) is 5.92 Å². The largest absolute Gasteiger partial charge is 0.329 e. The fourth-order valence-corrected chi connectivity index (χ4v) is 3.90. The molecule has 0 bridgehead atoms. The van der Waals surface area contributed by atoms with Crippen LogP contribution in [0.2, 0.25) is 0 Å². The van der Waals surface area contributed by atoms with Gasteiger partial charge in [-0.3, -0.25) is 0 Å². The summed E-state index contributed by atoms with van der Waals surface area (Å²) >= 11 is 0. The highest BCUT2D eigenvalue weighted by Gasteiger charge is 2.28. The van der Waals surface area contributed by atoms with Gasteiger partial charge >= 0.3 is 0 Å². The summed E-state index contributed by atoms with van der Waals surface area (Å²) in [6, 6.07) is 8.31. The molecule has 0 heterocycles. The molecule has 0 aromatic heterocycles. The van der Waals surface area contributed by atoms with Gasteiger partial charge in [0.25, 0.3) is 0 Å². The summed E-state index contributed by atoms with van der Waals surface area (Å²) < 4.78 is 27.1. The zero-order chi connectivity index (χ0) is 13.0. The Kier molecular flexibility index (Phi) is 4.37. The minimum atomic E-state index is -3.44. The second-order valence-electron chi connectivity index (χ2n) is 4.82. The van der Waals surface area contributed by atoms with E-state index in [1.54, 1.807) is 30.3 Å². The molecule has 0 amide bonds. The van der Waals surface area contributed by atoms with Gasteiger partial charge in [-0.2, -0.15) is 0 Å². The van der Waals surface area contributed by atoms with Gasteiger partial charge in [0.15, 0.2) is 0 Å². The molecule has 1 aliphatic rings. The van der Waals surface area contributed by atoms with Gasteiger partial charge in [0.05, 0.1) is 4.90 Å². The molecule has 0 saturated heterocycles. The molecule has 1 saturated carbocycles. The molecule has 18 heavy (non-hydrogen) atoms. The van der Waals surface area contributed by atoms with Crippen LogP contribution in [0.1, 0.15) is 25.7 Å². The van der Waals surface area contributed by atoms with E-state index in [0.717, 1.165) is 12.8 Å². The molecule has 100 valence electrons. The number of nitrogens with two attached hydrogens (primary N) is 1. The molecular formula is C13H20N2O2S. The molecule has 2 rings (SSSR count). The lowest BCUT2D eigenvalue weighted by molar-refractivity contribution is 0.405. The van der Waals surface area contributed by atoms with Crippen molar-refractivity contribution < 1.29 is 8.42 Å². The molecule has 0 radical (unpaired) electrons. The summed E-state index contributed by atoms with van der Waals surface area (Å²) in [6.45, 7) is 0.358. The summed E-state index contributed by atoms with van der Waals surface area (Å²) in [5.41, 5.74) is 5.71. The standard InChI is InChI=1S/C13H20N2O2S/c14-10-13(11-6-4-5-7-11)15-18(16,17)12-8-2-1-3-9-12/h1-3,8-9,11,13,15H,4-7,10,14H2. The lowest BCUT2D eigenvalue weighted by Crippen LogP contribution is -2.44. The number of benzene rings is 1. The fraction of sp³-hybridized carbons (Fsp3) is 0.538. The summed E-state index contributed by atoms with van der Waals surface area (Å²) in [5, 5.41) is 0. The van der Waals surface area contributed by atoms with E-state index in [4.69, 9.17) is 5.73 Å². The van der Waals surface area contributed by atoms with Gasteiger partial charge in [-0.05, 0) is 30.9 Å². The minimum absolute atomic E-state index is 0.141. The van der Waals surface area contributed by atoms with Crippen LogP contribution in [0.25, 0.3) is 0 Å².